The van der Waals surface area contributed by atoms with Gasteiger partial charge in [0.2, 0.25) is 11.9 Å². The van der Waals surface area contributed by atoms with Gasteiger partial charge >= 0.3 is 0 Å². The number of carbonyl (C=O) groups excluding carboxylic acids is 1. The highest BCUT2D eigenvalue weighted by atomic mass is 19.1. The fourth-order valence-corrected chi connectivity index (χ4v) is 1.77. The van der Waals surface area contributed by atoms with E-state index in [4.69, 9.17) is 4.74 Å². The highest BCUT2D eigenvalue weighted by Gasteiger charge is 2.29. The maximum Gasteiger partial charge on any atom is 0.242 e. The van der Waals surface area contributed by atoms with Crippen LogP contribution in [0.3, 0.4) is 0 Å². The molecule has 1 amide bonds. The molecule has 5 nitrogen and oxygen atoms in total. The molecule has 17 heavy (non-hydrogen) atoms. The first-order valence-electron chi connectivity index (χ1n) is 5.38. The number of hydrogen-bond acceptors (Lipinski definition) is 4. The van der Waals surface area contributed by atoms with Gasteiger partial charge in [0.15, 0.2) is 0 Å². The number of halogens is 1. The van der Waals surface area contributed by atoms with E-state index in [1.54, 1.807) is 13.2 Å². The van der Waals surface area contributed by atoms with Gasteiger partial charge in [0.25, 0.3) is 0 Å². The minimum absolute atomic E-state index is 0.0474. The maximum atomic E-state index is 12.8. The summed E-state index contributed by atoms with van der Waals surface area (Å²) in [6, 6.07) is 3.96. The lowest BCUT2D eigenvalue weighted by Crippen LogP contribution is -2.35. The Bertz CT molecular complexity index is 413. The lowest BCUT2D eigenvalue weighted by Gasteiger charge is -2.10. The zero-order chi connectivity index (χ0) is 12.3. The molecule has 1 aliphatic heterocycles. The summed E-state index contributed by atoms with van der Waals surface area (Å²) < 4.78 is 18.0. The van der Waals surface area contributed by atoms with Crippen LogP contribution in [-0.4, -0.2) is 36.7 Å². The molecule has 0 spiro atoms. The van der Waals surface area contributed by atoms with Crippen LogP contribution < -0.4 is 10.6 Å². The average Bonchev–Trinajstić information content (AvgIpc) is 2.77. The summed E-state index contributed by atoms with van der Waals surface area (Å²) >= 11 is 0. The van der Waals surface area contributed by atoms with E-state index in [0.29, 0.717) is 13.0 Å². The molecule has 1 aromatic rings. The lowest BCUT2D eigenvalue weighted by atomic mass is 10.2. The van der Waals surface area contributed by atoms with Gasteiger partial charge in [-0.05, 0) is 18.6 Å². The predicted octanol–water partition coefficient (Wildman–Crippen LogP) is 0.536. The molecule has 1 aromatic heterocycles. The Hall–Kier alpha value is -1.53. The molecule has 0 aliphatic carbocycles. The summed E-state index contributed by atoms with van der Waals surface area (Å²) in [4.78, 5) is 15.4. The summed E-state index contributed by atoms with van der Waals surface area (Å²) in [7, 11) is 1.61. The standard InChI is InChI=1S/C11H14FN3O2/c1-17-7-5-8(13-6-7)11(16)15-10-4-2-3-9(12)14-10/h2-4,7-8,13H,5-6H2,1H3,(H,14,15,16). The van der Waals surface area contributed by atoms with E-state index in [-0.39, 0.29) is 23.9 Å². The zero-order valence-electron chi connectivity index (χ0n) is 9.44. The zero-order valence-corrected chi connectivity index (χ0v) is 9.44. The van der Waals surface area contributed by atoms with E-state index in [1.165, 1.54) is 12.1 Å². The Morgan fingerprint density at radius 3 is 3.12 bits per heavy atom. The number of nitrogens with zero attached hydrogens (tertiary/aromatic N) is 1. The van der Waals surface area contributed by atoms with Crippen LogP contribution in [0.2, 0.25) is 0 Å². The highest BCUT2D eigenvalue weighted by molar-refractivity contribution is 5.94. The summed E-state index contributed by atoms with van der Waals surface area (Å²) in [5.41, 5.74) is 0. The van der Waals surface area contributed by atoms with Crippen molar-refractivity contribution in [2.45, 2.75) is 18.6 Å². The smallest absolute Gasteiger partial charge is 0.242 e. The summed E-state index contributed by atoms with van der Waals surface area (Å²) in [6.07, 6.45) is 0.656. The van der Waals surface area contributed by atoms with Gasteiger partial charge in [-0.3, -0.25) is 4.79 Å². The molecule has 1 aliphatic rings. The van der Waals surface area contributed by atoms with Gasteiger partial charge in [0.1, 0.15) is 5.82 Å². The molecule has 0 saturated carbocycles. The number of methoxy groups -OCH3 is 1. The minimum Gasteiger partial charge on any atom is -0.380 e. The van der Waals surface area contributed by atoms with Crippen LogP contribution in [0.25, 0.3) is 0 Å². The third kappa shape index (κ3) is 2.98. The van der Waals surface area contributed by atoms with Gasteiger partial charge in [-0.15, -0.1) is 0 Å². The average molecular weight is 239 g/mol. The maximum absolute atomic E-state index is 12.8. The van der Waals surface area contributed by atoms with Crippen LogP contribution in [0.5, 0.6) is 0 Å². The Balaban J connectivity index is 1.93. The van der Waals surface area contributed by atoms with Gasteiger partial charge < -0.3 is 15.4 Å². The number of aromatic nitrogens is 1. The van der Waals surface area contributed by atoms with E-state index < -0.39 is 5.95 Å². The normalized spacial score (nSPS) is 23.6. The molecule has 0 aromatic carbocycles. The van der Waals surface area contributed by atoms with E-state index in [2.05, 4.69) is 15.6 Å². The Morgan fingerprint density at radius 2 is 2.47 bits per heavy atom. The predicted molar refractivity (Wildman–Crippen MR) is 60.0 cm³/mol. The van der Waals surface area contributed by atoms with E-state index >= 15 is 0 Å². The van der Waals surface area contributed by atoms with Crippen molar-refractivity contribution in [3.8, 4) is 0 Å². The molecule has 1 fully saturated rings. The monoisotopic (exact) mass is 239 g/mol. The van der Waals surface area contributed by atoms with Crippen LogP contribution in [0.4, 0.5) is 10.2 Å². The lowest BCUT2D eigenvalue weighted by molar-refractivity contribution is -0.118. The topological polar surface area (TPSA) is 63.2 Å². The third-order valence-corrected chi connectivity index (χ3v) is 2.71. The third-order valence-electron chi connectivity index (χ3n) is 2.71. The SMILES string of the molecule is COC1CNC(C(=O)Nc2cccc(F)n2)C1. The molecule has 92 valence electrons. The second kappa shape index (κ2) is 5.20. The number of pyridine rings is 1. The van der Waals surface area contributed by atoms with Gasteiger partial charge in [0.05, 0.1) is 12.1 Å². The van der Waals surface area contributed by atoms with E-state index in [0.717, 1.165) is 0 Å². The number of ether oxygens (including phenoxy) is 1. The Kier molecular flexibility index (Phi) is 3.65. The number of rotatable bonds is 3. The van der Waals surface area contributed by atoms with Crippen molar-refractivity contribution in [1.29, 1.82) is 0 Å². The molecule has 6 heteroatoms. The van der Waals surface area contributed by atoms with Crippen molar-refractivity contribution in [1.82, 2.24) is 10.3 Å². The van der Waals surface area contributed by atoms with E-state index in [9.17, 15) is 9.18 Å². The first-order chi connectivity index (χ1) is 8.19. The van der Waals surface area contributed by atoms with Gasteiger partial charge in [-0.2, -0.15) is 4.39 Å². The first-order valence-corrected chi connectivity index (χ1v) is 5.38. The summed E-state index contributed by atoms with van der Waals surface area (Å²) in [5, 5.41) is 5.59. The van der Waals surface area contributed by atoms with Crippen LogP contribution in [0, 0.1) is 5.95 Å². The first kappa shape index (κ1) is 11.9. The van der Waals surface area contributed by atoms with E-state index in [1.807, 2.05) is 0 Å². The highest BCUT2D eigenvalue weighted by Crippen LogP contribution is 2.12. The molecule has 2 unspecified atom stereocenters. The minimum atomic E-state index is -0.614. The molecule has 2 atom stereocenters. The largest absolute Gasteiger partial charge is 0.380 e. The van der Waals surface area contributed by atoms with Gasteiger partial charge in [-0.25, -0.2) is 4.98 Å². The van der Waals surface area contributed by atoms with Crippen molar-refractivity contribution in [3.63, 3.8) is 0 Å². The second-order valence-electron chi connectivity index (χ2n) is 3.89. The summed E-state index contributed by atoms with van der Waals surface area (Å²) in [5.74, 6) is -0.614. The van der Waals surface area contributed by atoms with Crippen LogP contribution in [0.15, 0.2) is 18.2 Å². The van der Waals surface area contributed by atoms with Gasteiger partial charge in [-0.1, -0.05) is 6.07 Å². The number of nitrogens with one attached hydrogen (secondary N) is 2. The Morgan fingerprint density at radius 1 is 1.65 bits per heavy atom. The molecule has 2 rings (SSSR count). The Labute approximate surface area is 98.4 Å². The van der Waals surface area contributed by atoms with Crippen molar-refractivity contribution >= 4 is 11.7 Å². The number of carbonyl (C=O) groups is 1. The van der Waals surface area contributed by atoms with Crippen LogP contribution in [-0.2, 0) is 9.53 Å². The molecule has 2 N–H and O–H groups in total. The van der Waals surface area contributed by atoms with Crippen LogP contribution in [0.1, 0.15) is 6.42 Å². The quantitative estimate of drug-likeness (QED) is 0.755. The molecule has 2 heterocycles. The fourth-order valence-electron chi connectivity index (χ4n) is 1.77. The van der Waals surface area contributed by atoms with Crippen molar-refractivity contribution in [2.75, 3.05) is 19.0 Å². The van der Waals surface area contributed by atoms with Crippen molar-refractivity contribution in [3.05, 3.63) is 24.1 Å². The van der Waals surface area contributed by atoms with Crippen molar-refractivity contribution < 1.29 is 13.9 Å². The fraction of sp³-hybridized carbons (Fsp3) is 0.455. The van der Waals surface area contributed by atoms with Gasteiger partial charge in [0, 0.05) is 13.7 Å². The molecular weight excluding hydrogens is 225 g/mol. The molecule has 0 radical (unpaired) electrons. The summed E-state index contributed by atoms with van der Waals surface area (Å²) in [6.45, 7) is 0.644. The molecular formula is C11H14FN3O2. The number of hydrogen-bond donors (Lipinski definition) is 2. The van der Waals surface area contributed by atoms with Crippen molar-refractivity contribution in [2.24, 2.45) is 0 Å². The van der Waals surface area contributed by atoms with Crippen LogP contribution >= 0.6 is 0 Å². The number of anilines is 1. The second-order valence-corrected chi connectivity index (χ2v) is 3.89. The number of amides is 1. The molecule has 1 saturated heterocycles. The molecule has 0 bridgehead atoms.